The number of nitrogens with zero attached hydrogens (tertiary/aromatic N) is 2. The van der Waals surface area contributed by atoms with Crippen molar-refractivity contribution in [2.75, 3.05) is 27.2 Å². The Bertz CT molecular complexity index is 580. The second-order valence-corrected chi connectivity index (χ2v) is 7.78. The molecule has 0 bridgehead atoms. The summed E-state index contributed by atoms with van der Waals surface area (Å²) in [6.45, 7) is 6.46. The molecule has 6 nitrogen and oxygen atoms in total. The molecule has 1 aromatic rings. The summed E-state index contributed by atoms with van der Waals surface area (Å²) >= 11 is 0. The predicted octanol–water partition coefficient (Wildman–Crippen LogP) is 0.771. The zero-order valence-corrected chi connectivity index (χ0v) is 14.1. The number of rotatable bonds is 6. The fraction of sp³-hybridized carbons (Fsp3) is 0.714. The van der Waals surface area contributed by atoms with Gasteiger partial charge in [0.25, 0.3) is 0 Å². The van der Waals surface area contributed by atoms with Crippen molar-refractivity contribution in [3.05, 3.63) is 18.0 Å². The van der Waals surface area contributed by atoms with Crippen molar-refractivity contribution < 1.29 is 8.42 Å². The van der Waals surface area contributed by atoms with E-state index in [2.05, 4.69) is 28.8 Å². The van der Waals surface area contributed by atoms with Gasteiger partial charge in [-0.1, -0.05) is 0 Å². The zero-order valence-electron chi connectivity index (χ0n) is 13.3. The van der Waals surface area contributed by atoms with Crippen LogP contribution in [-0.4, -0.2) is 51.1 Å². The maximum absolute atomic E-state index is 12.5. The molecular weight excluding hydrogens is 288 g/mol. The smallest absolute Gasteiger partial charge is 0.242 e. The van der Waals surface area contributed by atoms with Crippen molar-refractivity contribution in [3.63, 3.8) is 0 Å². The van der Waals surface area contributed by atoms with Crippen LogP contribution in [0.2, 0.25) is 0 Å². The topological polar surface area (TPSA) is 66.4 Å². The lowest BCUT2D eigenvalue weighted by Gasteiger charge is -2.13. The van der Waals surface area contributed by atoms with Gasteiger partial charge in [0.05, 0.1) is 4.90 Å². The molecule has 1 aromatic heterocycles. The molecule has 0 aliphatic carbocycles. The maximum Gasteiger partial charge on any atom is 0.242 e. The van der Waals surface area contributed by atoms with Gasteiger partial charge in [-0.05, 0) is 47.0 Å². The highest BCUT2D eigenvalue weighted by Crippen LogP contribution is 2.20. The van der Waals surface area contributed by atoms with E-state index in [0.29, 0.717) is 11.4 Å². The number of nitrogens with one attached hydrogen (secondary N) is 2. The van der Waals surface area contributed by atoms with Gasteiger partial charge in [-0.3, -0.25) is 0 Å². The molecular formula is C14H26N4O2S. The van der Waals surface area contributed by atoms with E-state index >= 15 is 0 Å². The Morgan fingerprint density at radius 2 is 2.14 bits per heavy atom. The lowest BCUT2D eigenvalue weighted by atomic mass is 10.3. The van der Waals surface area contributed by atoms with Crippen LogP contribution in [0.1, 0.15) is 32.0 Å². The van der Waals surface area contributed by atoms with Gasteiger partial charge < -0.3 is 14.8 Å². The molecule has 1 atom stereocenters. The summed E-state index contributed by atoms with van der Waals surface area (Å²) in [6.07, 6.45) is 2.60. The summed E-state index contributed by atoms with van der Waals surface area (Å²) in [5.74, 6) is 0. The van der Waals surface area contributed by atoms with Crippen molar-refractivity contribution in [3.8, 4) is 0 Å². The quantitative estimate of drug-likeness (QED) is 0.814. The molecule has 2 heterocycles. The summed E-state index contributed by atoms with van der Waals surface area (Å²) in [5.41, 5.74) is 0.983. The molecule has 120 valence electrons. The highest BCUT2D eigenvalue weighted by Gasteiger charge is 2.26. The average molecular weight is 314 g/mol. The number of hydrogen-bond acceptors (Lipinski definition) is 4. The largest absolute Gasteiger partial charge is 0.346 e. The van der Waals surface area contributed by atoms with Gasteiger partial charge in [-0.2, -0.15) is 0 Å². The molecule has 1 saturated heterocycles. The third-order valence-corrected chi connectivity index (χ3v) is 5.33. The molecule has 0 spiro atoms. The molecule has 2 N–H and O–H groups in total. The summed E-state index contributed by atoms with van der Waals surface area (Å²) in [4.78, 5) is 2.50. The van der Waals surface area contributed by atoms with E-state index in [1.807, 2.05) is 18.7 Å². The van der Waals surface area contributed by atoms with Crippen LogP contribution in [0.25, 0.3) is 0 Å². The summed E-state index contributed by atoms with van der Waals surface area (Å²) in [5, 5.41) is 3.08. The van der Waals surface area contributed by atoms with Gasteiger partial charge >= 0.3 is 0 Å². The van der Waals surface area contributed by atoms with Crippen LogP contribution in [-0.2, 0) is 16.6 Å². The molecule has 0 amide bonds. The Morgan fingerprint density at radius 3 is 2.67 bits per heavy atom. The second-order valence-electron chi connectivity index (χ2n) is 6.07. The second kappa shape index (κ2) is 6.48. The van der Waals surface area contributed by atoms with Crippen molar-refractivity contribution in [1.29, 1.82) is 0 Å². The van der Waals surface area contributed by atoms with E-state index in [9.17, 15) is 8.42 Å². The highest BCUT2D eigenvalue weighted by molar-refractivity contribution is 7.89. The average Bonchev–Trinajstić information content (AvgIpc) is 2.96. The summed E-state index contributed by atoms with van der Waals surface area (Å²) in [6, 6.07) is 2.00. The van der Waals surface area contributed by atoms with E-state index in [1.54, 1.807) is 12.3 Å². The van der Waals surface area contributed by atoms with Gasteiger partial charge in [0.1, 0.15) is 0 Å². The van der Waals surface area contributed by atoms with Crippen molar-refractivity contribution in [1.82, 2.24) is 19.5 Å². The van der Waals surface area contributed by atoms with Crippen LogP contribution in [0.15, 0.2) is 17.2 Å². The van der Waals surface area contributed by atoms with Gasteiger partial charge in [0.15, 0.2) is 0 Å². The zero-order chi connectivity index (χ0) is 15.6. The van der Waals surface area contributed by atoms with E-state index in [4.69, 9.17) is 0 Å². The lowest BCUT2D eigenvalue weighted by molar-refractivity contribution is 0.407. The summed E-state index contributed by atoms with van der Waals surface area (Å²) < 4.78 is 29.9. The monoisotopic (exact) mass is 314 g/mol. The van der Waals surface area contributed by atoms with Crippen LogP contribution < -0.4 is 10.0 Å². The van der Waals surface area contributed by atoms with E-state index in [0.717, 1.165) is 25.2 Å². The van der Waals surface area contributed by atoms with Gasteiger partial charge in [-0.15, -0.1) is 0 Å². The minimum atomic E-state index is -3.45. The fourth-order valence-electron chi connectivity index (χ4n) is 2.77. The number of aromatic nitrogens is 1. The van der Waals surface area contributed by atoms with Crippen LogP contribution >= 0.6 is 0 Å². The first-order valence-corrected chi connectivity index (χ1v) is 8.88. The molecule has 2 rings (SSSR count). The predicted molar refractivity (Wildman–Crippen MR) is 83.8 cm³/mol. The minimum absolute atomic E-state index is 0.00940. The molecule has 1 aliphatic rings. The van der Waals surface area contributed by atoms with Crippen molar-refractivity contribution in [2.24, 2.45) is 0 Å². The minimum Gasteiger partial charge on any atom is -0.346 e. The third kappa shape index (κ3) is 3.85. The van der Waals surface area contributed by atoms with E-state index in [-0.39, 0.29) is 12.1 Å². The standard InChI is InChI=1S/C14H26N4O2S/c1-11(2)18-10-14(7-13(18)8-15-3)21(19,20)16-12-5-6-17(4)9-12/h7,10-12,15-16H,5-6,8-9H2,1-4H3. The van der Waals surface area contributed by atoms with Crippen molar-refractivity contribution >= 4 is 10.0 Å². The maximum atomic E-state index is 12.5. The first-order valence-electron chi connectivity index (χ1n) is 7.39. The summed E-state index contributed by atoms with van der Waals surface area (Å²) in [7, 11) is 0.422. The van der Waals surface area contributed by atoms with Crippen LogP contribution in [0, 0.1) is 0 Å². The number of sulfonamides is 1. The van der Waals surface area contributed by atoms with Gasteiger partial charge in [0.2, 0.25) is 10.0 Å². The van der Waals surface area contributed by atoms with Crippen LogP contribution in [0.3, 0.4) is 0 Å². The molecule has 1 fully saturated rings. The molecule has 0 aromatic carbocycles. The van der Waals surface area contributed by atoms with E-state index in [1.165, 1.54) is 0 Å². The number of likely N-dealkylation sites (N-methyl/N-ethyl adjacent to an activating group) is 1. The Kier molecular flexibility index (Phi) is 5.08. The molecule has 21 heavy (non-hydrogen) atoms. The highest BCUT2D eigenvalue weighted by atomic mass is 32.2. The number of hydrogen-bond donors (Lipinski definition) is 2. The Morgan fingerprint density at radius 1 is 1.43 bits per heavy atom. The number of likely N-dealkylation sites (tertiary alicyclic amines) is 1. The van der Waals surface area contributed by atoms with Crippen LogP contribution in [0.5, 0.6) is 0 Å². The fourth-order valence-corrected chi connectivity index (χ4v) is 4.08. The van der Waals surface area contributed by atoms with Gasteiger partial charge in [-0.25, -0.2) is 13.1 Å². The first kappa shape index (κ1) is 16.5. The SMILES string of the molecule is CNCc1cc(S(=O)(=O)NC2CCN(C)C2)cn1C(C)C. The molecule has 1 unspecified atom stereocenters. The van der Waals surface area contributed by atoms with Gasteiger partial charge in [0, 0.05) is 37.1 Å². The van der Waals surface area contributed by atoms with E-state index < -0.39 is 10.0 Å². The Balaban J connectivity index is 2.21. The first-order chi connectivity index (χ1) is 9.83. The van der Waals surface area contributed by atoms with Crippen molar-refractivity contribution in [2.45, 2.75) is 43.8 Å². The molecule has 0 radical (unpaired) electrons. The molecule has 0 saturated carbocycles. The van der Waals surface area contributed by atoms with Crippen LogP contribution in [0.4, 0.5) is 0 Å². The normalized spacial score (nSPS) is 20.5. The Hall–Kier alpha value is -0.890. The third-order valence-electron chi connectivity index (χ3n) is 3.84. The Labute approximate surface area is 127 Å². The molecule has 1 aliphatic heterocycles. The lowest BCUT2D eigenvalue weighted by Crippen LogP contribution is -2.36. The molecule has 7 heteroatoms.